The van der Waals surface area contributed by atoms with E-state index < -0.39 is 24.1 Å². The van der Waals surface area contributed by atoms with E-state index in [4.69, 9.17) is 16.0 Å². The molecule has 2 unspecified atom stereocenters. The highest BCUT2D eigenvalue weighted by Crippen LogP contribution is 2.21. The largest absolute Gasteiger partial charge is 0.442 e. The standard InChI is InChI=1S/C26H36FN7O4.C2H6.C2H4/c1-10-12-23(24(27)13-14-34-17-22(37-26(34)36)16-33(9)31-28-6)21(11-2)15-29-18(3)19(4)30-38-20(5)25(35)32(7)8;2*1-2/h1,11-13,15,20,22H,3,14,16-17H2,2,4-9H3;1-2H3;1-2H2/b21-11+,23-12-,24-13+,29-15?,30-19+,31-28?;;. The van der Waals surface area contributed by atoms with Crippen LogP contribution >= 0.6 is 0 Å². The zero-order chi connectivity index (χ0) is 32.8. The molecule has 0 aromatic rings. The summed E-state index contributed by atoms with van der Waals surface area (Å²) < 4.78 is 20.5. The lowest BCUT2D eigenvalue weighted by Gasteiger charge is -2.15. The summed E-state index contributed by atoms with van der Waals surface area (Å²) in [6.07, 6.45) is 9.22. The minimum atomic E-state index is -0.779. The van der Waals surface area contributed by atoms with Crippen molar-refractivity contribution in [3.63, 3.8) is 0 Å². The first-order valence-corrected chi connectivity index (χ1v) is 13.2. The van der Waals surface area contributed by atoms with E-state index >= 15 is 4.39 Å². The number of rotatable bonds is 13. The zero-order valence-corrected chi connectivity index (χ0v) is 26.4. The van der Waals surface area contributed by atoms with Gasteiger partial charge in [-0.3, -0.25) is 14.8 Å². The Morgan fingerprint density at radius 2 is 1.95 bits per heavy atom. The number of hydrogen-bond donors (Lipinski definition) is 0. The predicted octanol–water partition coefficient (Wildman–Crippen LogP) is 5.38. The molecule has 0 saturated carbocycles. The van der Waals surface area contributed by atoms with Crippen molar-refractivity contribution in [2.45, 2.75) is 46.8 Å². The molecule has 0 spiro atoms. The van der Waals surface area contributed by atoms with Crippen molar-refractivity contribution >= 4 is 23.9 Å². The minimum absolute atomic E-state index is 0.0180. The quantitative estimate of drug-likeness (QED) is 0.0718. The van der Waals surface area contributed by atoms with Crippen LogP contribution in [0.25, 0.3) is 0 Å². The average Bonchev–Trinajstić information content (AvgIpc) is 3.33. The molecule has 0 N–H and O–H groups in total. The first-order valence-electron chi connectivity index (χ1n) is 13.2. The van der Waals surface area contributed by atoms with Crippen LogP contribution in [0.3, 0.4) is 0 Å². The Hall–Kier alpha value is -4.53. The Morgan fingerprint density at radius 3 is 2.48 bits per heavy atom. The van der Waals surface area contributed by atoms with Gasteiger partial charge in [-0.25, -0.2) is 9.18 Å². The number of nitrogens with zero attached hydrogens (tertiary/aromatic N) is 7. The van der Waals surface area contributed by atoms with Crippen molar-refractivity contribution in [1.82, 2.24) is 14.8 Å². The maximum absolute atomic E-state index is 15.2. The highest BCUT2D eigenvalue weighted by molar-refractivity contribution is 6.00. The van der Waals surface area contributed by atoms with E-state index in [1.54, 1.807) is 53.0 Å². The summed E-state index contributed by atoms with van der Waals surface area (Å²) in [5.41, 5.74) is 1.07. The Balaban J connectivity index is 0. The fourth-order valence-electron chi connectivity index (χ4n) is 3.14. The summed E-state index contributed by atoms with van der Waals surface area (Å²) >= 11 is 0. The minimum Gasteiger partial charge on any atom is -0.442 e. The highest BCUT2D eigenvalue weighted by atomic mass is 19.1. The molecule has 1 rings (SSSR count). The van der Waals surface area contributed by atoms with Crippen LogP contribution < -0.4 is 0 Å². The van der Waals surface area contributed by atoms with Crippen LogP contribution in [0.2, 0.25) is 0 Å². The van der Waals surface area contributed by atoms with Gasteiger partial charge < -0.3 is 19.4 Å². The van der Waals surface area contributed by atoms with Gasteiger partial charge >= 0.3 is 6.09 Å². The van der Waals surface area contributed by atoms with Crippen LogP contribution in [-0.2, 0) is 14.4 Å². The maximum atomic E-state index is 15.2. The fourth-order valence-corrected chi connectivity index (χ4v) is 3.14. The van der Waals surface area contributed by atoms with Gasteiger partial charge in [-0.2, -0.15) is 5.11 Å². The van der Waals surface area contributed by atoms with Gasteiger partial charge in [-0.15, -0.1) is 19.6 Å². The average molecular weight is 588 g/mol. The second-order valence-corrected chi connectivity index (χ2v) is 8.42. The SMILES string of the molecule is C#C/C=C(C(/C=NC(=C)/C(C)=N/OC(C)C(=O)N(C)C)=C/C)\C(F)=C/CN1CC(CN(C)N=NC)OC1=O.C=C.CC. The van der Waals surface area contributed by atoms with E-state index in [0.29, 0.717) is 17.8 Å². The molecule has 42 heavy (non-hydrogen) atoms. The lowest BCUT2D eigenvalue weighted by Crippen LogP contribution is -2.32. The number of carbonyl (C=O) groups excluding carboxylic acids is 2. The smallest absolute Gasteiger partial charge is 0.410 e. The second-order valence-electron chi connectivity index (χ2n) is 8.42. The summed E-state index contributed by atoms with van der Waals surface area (Å²) in [5.74, 6) is 1.45. The van der Waals surface area contributed by atoms with Crippen molar-refractivity contribution in [2.24, 2.45) is 20.5 Å². The Bertz CT molecular complexity index is 1120. The molecule has 2 atom stereocenters. The third-order valence-corrected chi connectivity index (χ3v) is 5.17. The van der Waals surface area contributed by atoms with E-state index in [1.165, 1.54) is 35.2 Å². The van der Waals surface area contributed by atoms with Gasteiger partial charge in [0.1, 0.15) is 17.6 Å². The van der Waals surface area contributed by atoms with E-state index in [1.807, 2.05) is 13.8 Å². The van der Waals surface area contributed by atoms with E-state index in [2.05, 4.69) is 46.1 Å². The van der Waals surface area contributed by atoms with Crippen molar-refractivity contribution in [3.05, 3.63) is 60.6 Å². The molecule has 1 aliphatic heterocycles. The zero-order valence-electron chi connectivity index (χ0n) is 26.4. The number of aliphatic imine (C=N–C) groups is 1. The molecule has 2 amide bonds. The number of allylic oxidation sites excluding steroid dienone is 6. The van der Waals surface area contributed by atoms with Crippen LogP contribution in [0.1, 0.15) is 34.6 Å². The van der Waals surface area contributed by atoms with Crippen molar-refractivity contribution < 1.29 is 23.6 Å². The molecule has 12 heteroatoms. The summed E-state index contributed by atoms with van der Waals surface area (Å²) in [6, 6.07) is 0. The third-order valence-electron chi connectivity index (χ3n) is 5.17. The van der Waals surface area contributed by atoms with Gasteiger partial charge in [0, 0.05) is 39.5 Å². The number of carbonyl (C=O) groups is 2. The number of halogens is 1. The topological polar surface area (TPSA) is 112 Å². The van der Waals surface area contributed by atoms with Crippen LogP contribution in [0.4, 0.5) is 9.18 Å². The van der Waals surface area contributed by atoms with Gasteiger partial charge in [-0.05, 0) is 38.5 Å². The maximum Gasteiger partial charge on any atom is 0.410 e. The van der Waals surface area contributed by atoms with Crippen molar-refractivity contribution in [1.29, 1.82) is 0 Å². The first kappa shape index (κ1) is 39.6. The molecule has 11 nitrogen and oxygen atoms in total. The Labute approximate surface area is 250 Å². The molecule has 232 valence electrons. The molecule has 1 aliphatic rings. The Morgan fingerprint density at radius 1 is 1.33 bits per heavy atom. The highest BCUT2D eigenvalue weighted by Gasteiger charge is 2.31. The molecule has 1 saturated heterocycles. The molecular formula is C30H46FN7O4. The molecule has 0 aliphatic carbocycles. The molecule has 1 fully saturated rings. The van der Waals surface area contributed by atoms with E-state index in [-0.39, 0.29) is 30.3 Å². The molecule has 0 bridgehead atoms. The summed E-state index contributed by atoms with van der Waals surface area (Å²) in [7, 11) is 6.48. The number of oxime groups is 1. The van der Waals surface area contributed by atoms with Crippen LogP contribution in [-0.4, -0.2) is 98.8 Å². The summed E-state index contributed by atoms with van der Waals surface area (Å²) in [5, 5.41) is 13.0. The lowest BCUT2D eigenvalue weighted by atomic mass is 10.0. The first-order chi connectivity index (χ1) is 19.9. The van der Waals surface area contributed by atoms with Gasteiger partial charge in [0.2, 0.25) is 6.10 Å². The fraction of sp³-hybridized carbons (Fsp3) is 0.467. The van der Waals surface area contributed by atoms with Gasteiger partial charge in [0.15, 0.2) is 0 Å². The van der Waals surface area contributed by atoms with Crippen molar-refractivity contribution in [3.8, 4) is 12.3 Å². The summed E-state index contributed by atoms with van der Waals surface area (Å²) in [4.78, 5) is 36.3. The third kappa shape index (κ3) is 14.2. The van der Waals surface area contributed by atoms with Gasteiger partial charge in [0.25, 0.3) is 5.91 Å². The van der Waals surface area contributed by atoms with Gasteiger partial charge in [-0.1, -0.05) is 42.8 Å². The molecule has 0 aromatic heterocycles. The molecule has 1 heterocycles. The normalized spacial score (nSPS) is 16.5. The predicted molar refractivity (Wildman–Crippen MR) is 168 cm³/mol. The number of ether oxygens (including phenoxy) is 1. The summed E-state index contributed by atoms with van der Waals surface area (Å²) in [6.45, 7) is 19.3. The van der Waals surface area contributed by atoms with Crippen molar-refractivity contribution in [2.75, 3.05) is 47.8 Å². The monoisotopic (exact) mass is 587 g/mol. The number of likely N-dealkylation sites (N-methyl/N-ethyl adjacent to an activating group) is 2. The number of cyclic esters (lactones) is 1. The van der Waals surface area contributed by atoms with Crippen LogP contribution in [0.5, 0.6) is 0 Å². The number of hydrogen-bond acceptors (Lipinski definition) is 8. The number of amides is 2. The van der Waals surface area contributed by atoms with Crippen LogP contribution in [0, 0.1) is 12.3 Å². The molecular weight excluding hydrogens is 541 g/mol. The van der Waals surface area contributed by atoms with E-state index in [9.17, 15) is 9.59 Å². The molecule has 0 aromatic carbocycles. The Kier molecular flexibility index (Phi) is 20.9. The lowest BCUT2D eigenvalue weighted by molar-refractivity contribution is -0.139. The number of terminal acetylenes is 1. The van der Waals surface area contributed by atoms with Crippen LogP contribution in [0.15, 0.2) is 81.1 Å². The second kappa shape index (κ2) is 22.2. The molecule has 0 radical (unpaired) electrons. The van der Waals surface area contributed by atoms with E-state index in [0.717, 1.165) is 0 Å². The van der Waals surface area contributed by atoms with Gasteiger partial charge in [0.05, 0.1) is 25.8 Å².